The Bertz CT molecular complexity index is 1320. The smallest absolute Gasteiger partial charge is 0.244 e. The van der Waals surface area contributed by atoms with Crippen molar-refractivity contribution in [1.29, 1.82) is 0 Å². The van der Waals surface area contributed by atoms with Gasteiger partial charge < -0.3 is 10.2 Å². The molecule has 1 atom stereocenters. The minimum Gasteiger partial charge on any atom is -0.357 e. The molecule has 0 saturated heterocycles. The van der Waals surface area contributed by atoms with Gasteiger partial charge in [-0.3, -0.25) is 13.9 Å². The fourth-order valence-corrected chi connectivity index (χ4v) is 8.97. The van der Waals surface area contributed by atoms with E-state index in [1.165, 1.54) is 53.3 Å². The first kappa shape index (κ1) is 28.7. The van der Waals surface area contributed by atoms with Crippen LogP contribution in [0.4, 0.5) is 5.69 Å². The number of carbonyl (C=O) groups is 2. The second-order valence-electron chi connectivity index (χ2n) is 12.5. The van der Waals surface area contributed by atoms with Gasteiger partial charge in [0.2, 0.25) is 21.8 Å². The Kier molecular flexibility index (Phi) is 8.01. The highest BCUT2D eigenvalue weighted by atomic mass is 32.2. The summed E-state index contributed by atoms with van der Waals surface area (Å²) in [6, 6.07) is 14.9. The Labute approximate surface area is 239 Å². The monoisotopic (exact) mass is 565 g/mol. The zero-order valence-corrected chi connectivity index (χ0v) is 25.0. The normalized spacial score (nSPS) is 25.9. The van der Waals surface area contributed by atoms with Crippen LogP contribution in [0.2, 0.25) is 0 Å². The van der Waals surface area contributed by atoms with Gasteiger partial charge in [0.05, 0.1) is 11.9 Å². The summed E-state index contributed by atoms with van der Waals surface area (Å²) in [5.74, 6) is 1.79. The molecule has 2 aromatic carbocycles. The molecule has 0 unspecified atom stereocenters. The number of rotatable bonds is 10. The minimum absolute atomic E-state index is 0.214. The van der Waals surface area contributed by atoms with E-state index in [2.05, 4.69) is 17.4 Å². The quantitative estimate of drug-likeness (QED) is 0.449. The van der Waals surface area contributed by atoms with E-state index in [9.17, 15) is 18.0 Å². The molecule has 4 bridgehead atoms. The largest absolute Gasteiger partial charge is 0.357 e. The van der Waals surface area contributed by atoms with E-state index in [1.807, 2.05) is 50.2 Å². The standard InChI is InChI=1S/C32H43N3O4S/c1-5-29(31(37)33-3)34(20-26-9-7-6-8-22(26)2)30(36)21-35(40(4,38)39)28-12-10-27(11-13-28)32-17-23-14-24(18-32)16-25(15-23)19-32/h6-13,23-25,29H,5,14-21H2,1-4H3,(H,33,37)/t23?,24?,25?,29-,32?/m0/s1. The van der Waals surface area contributed by atoms with E-state index in [0.29, 0.717) is 12.1 Å². The van der Waals surface area contributed by atoms with Crippen molar-refractivity contribution in [3.05, 3.63) is 65.2 Å². The summed E-state index contributed by atoms with van der Waals surface area (Å²) in [6.07, 6.45) is 9.36. The van der Waals surface area contributed by atoms with Crippen molar-refractivity contribution in [3.8, 4) is 0 Å². The van der Waals surface area contributed by atoms with Gasteiger partial charge in [-0.1, -0.05) is 43.3 Å². The third-order valence-corrected chi connectivity index (χ3v) is 10.9. The maximum Gasteiger partial charge on any atom is 0.244 e. The van der Waals surface area contributed by atoms with Gasteiger partial charge in [0.1, 0.15) is 12.6 Å². The van der Waals surface area contributed by atoms with Crippen LogP contribution in [0.5, 0.6) is 0 Å². The minimum atomic E-state index is -3.76. The van der Waals surface area contributed by atoms with E-state index in [0.717, 1.165) is 35.1 Å². The van der Waals surface area contributed by atoms with Gasteiger partial charge in [0.25, 0.3) is 0 Å². The van der Waals surface area contributed by atoms with Crippen molar-refractivity contribution in [2.75, 3.05) is 24.2 Å². The lowest BCUT2D eigenvalue weighted by Crippen LogP contribution is -2.51. The van der Waals surface area contributed by atoms with Gasteiger partial charge in [-0.25, -0.2) is 8.42 Å². The second-order valence-corrected chi connectivity index (χ2v) is 14.4. The van der Waals surface area contributed by atoms with Crippen LogP contribution in [0.25, 0.3) is 0 Å². The molecule has 216 valence electrons. The summed E-state index contributed by atoms with van der Waals surface area (Å²) < 4.78 is 27.2. The van der Waals surface area contributed by atoms with Crippen LogP contribution >= 0.6 is 0 Å². The van der Waals surface area contributed by atoms with Crippen molar-refractivity contribution in [2.24, 2.45) is 17.8 Å². The van der Waals surface area contributed by atoms with Gasteiger partial charge in [-0.2, -0.15) is 0 Å². The van der Waals surface area contributed by atoms with Crippen molar-refractivity contribution in [3.63, 3.8) is 0 Å². The summed E-state index contributed by atoms with van der Waals surface area (Å²) in [5, 5.41) is 2.66. The number of benzene rings is 2. The number of anilines is 1. The van der Waals surface area contributed by atoms with Crippen LogP contribution < -0.4 is 9.62 Å². The van der Waals surface area contributed by atoms with Crippen LogP contribution in [0.3, 0.4) is 0 Å². The molecule has 4 aliphatic rings. The predicted molar refractivity (Wildman–Crippen MR) is 158 cm³/mol. The van der Waals surface area contributed by atoms with Gasteiger partial charge in [0, 0.05) is 13.6 Å². The molecule has 4 aliphatic carbocycles. The Hall–Kier alpha value is -2.87. The molecule has 0 aliphatic heterocycles. The van der Waals surface area contributed by atoms with E-state index >= 15 is 0 Å². The molecule has 4 fully saturated rings. The Morgan fingerprint density at radius 1 is 0.975 bits per heavy atom. The fraction of sp³-hybridized carbons (Fsp3) is 0.562. The molecule has 40 heavy (non-hydrogen) atoms. The zero-order chi connectivity index (χ0) is 28.7. The predicted octanol–water partition coefficient (Wildman–Crippen LogP) is 4.78. The molecule has 4 saturated carbocycles. The molecule has 1 N–H and O–H groups in total. The number of hydrogen-bond donors (Lipinski definition) is 1. The summed E-state index contributed by atoms with van der Waals surface area (Å²) in [7, 11) is -2.21. The molecule has 0 radical (unpaired) electrons. The number of hydrogen-bond acceptors (Lipinski definition) is 4. The van der Waals surface area contributed by atoms with E-state index in [4.69, 9.17) is 0 Å². The summed E-state index contributed by atoms with van der Waals surface area (Å²) in [4.78, 5) is 28.1. The van der Waals surface area contributed by atoms with Crippen molar-refractivity contribution < 1.29 is 18.0 Å². The van der Waals surface area contributed by atoms with E-state index in [1.54, 1.807) is 7.05 Å². The SMILES string of the molecule is CC[C@@H](C(=O)NC)N(Cc1ccccc1C)C(=O)CN(c1ccc(C23CC4CC(CC(C4)C2)C3)cc1)S(C)(=O)=O. The lowest BCUT2D eigenvalue weighted by Gasteiger charge is -2.57. The third-order valence-electron chi connectivity index (χ3n) is 9.72. The van der Waals surface area contributed by atoms with Gasteiger partial charge in [-0.05, 0) is 104 Å². The average molecular weight is 566 g/mol. The maximum atomic E-state index is 13.8. The van der Waals surface area contributed by atoms with Crippen LogP contribution in [0.1, 0.15) is 68.6 Å². The van der Waals surface area contributed by atoms with Crippen LogP contribution in [0.15, 0.2) is 48.5 Å². The van der Waals surface area contributed by atoms with Crippen LogP contribution in [0, 0.1) is 24.7 Å². The first-order chi connectivity index (χ1) is 19.0. The van der Waals surface area contributed by atoms with Crippen LogP contribution in [-0.2, 0) is 31.6 Å². The zero-order valence-electron chi connectivity index (χ0n) is 24.2. The lowest BCUT2D eigenvalue weighted by atomic mass is 9.48. The molecular weight excluding hydrogens is 522 g/mol. The number of nitrogens with one attached hydrogen (secondary N) is 1. The number of carbonyl (C=O) groups excluding carboxylic acids is 2. The Balaban J connectivity index is 1.41. The summed E-state index contributed by atoms with van der Waals surface area (Å²) in [6.45, 7) is 3.68. The van der Waals surface area contributed by atoms with E-state index in [-0.39, 0.29) is 24.4 Å². The molecule has 2 amide bonds. The number of aryl methyl sites for hydroxylation is 1. The molecule has 8 heteroatoms. The van der Waals surface area contributed by atoms with Crippen LogP contribution in [-0.4, -0.2) is 51.0 Å². The molecule has 6 rings (SSSR count). The average Bonchev–Trinajstić information content (AvgIpc) is 2.91. The number of likely N-dealkylation sites (N-methyl/N-ethyl adjacent to an activating group) is 1. The Morgan fingerprint density at radius 2 is 1.55 bits per heavy atom. The molecule has 7 nitrogen and oxygen atoms in total. The van der Waals surface area contributed by atoms with Gasteiger partial charge >= 0.3 is 0 Å². The molecule has 0 heterocycles. The highest BCUT2D eigenvalue weighted by Gasteiger charge is 2.51. The topological polar surface area (TPSA) is 86.8 Å². The second kappa shape index (κ2) is 11.2. The molecular formula is C32H43N3O4S. The molecule has 0 aromatic heterocycles. The third kappa shape index (κ3) is 5.65. The number of amides is 2. The van der Waals surface area contributed by atoms with Crippen molar-refractivity contribution >= 4 is 27.5 Å². The first-order valence-electron chi connectivity index (χ1n) is 14.7. The maximum absolute atomic E-state index is 13.8. The summed E-state index contributed by atoms with van der Waals surface area (Å²) >= 11 is 0. The van der Waals surface area contributed by atoms with Gasteiger partial charge in [0.15, 0.2) is 0 Å². The number of nitrogens with zero attached hydrogens (tertiary/aromatic N) is 2. The molecule has 2 aromatic rings. The van der Waals surface area contributed by atoms with Gasteiger partial charge in [-0.15, -0.1) is 0 Å². The van der Waals surface area contributed by atoms with E-state index < -0.39 is 22.0 Å². The fourth-order valence-electron chi connectivity index (χ4n) is 8.12. The molecule has 0 spiro atoms. The lowest BCUT2D eigenvalue weighted by molar-refractivity contribution is -0.140. The Morgan fingerprint density at radius 3 is 2.05 bits per heavy atom. The number of sulfonamides is 1. The summed E-state index contributed by atoms with van der Waals surface area (Å²) in [5.41, 5.74) is 3.93. The van der Waals surface area contributed by atoms with Crippen molar-refractivity contribution in [2.45, 2.75) is 76.8 Å². The highest BCUT2D eigenvalue weighted by molar-refractivity contribution is 7.92. The highest BCUT2D eigenvalue weighted by Crippen LogP contribution is 2.60. The van der Waals surface area contributed by atoms with Crippen molar-refractivity contribution in [1.82, 2.24) is 10.2 Å². The first-order valence-corrected chi connectivity index (χ1v) is 16.5.